The fourth-order valence-corrected chi connectivity index (χ4v) is 2.36. The molecule has 0 aliphatic carbocycles. The summed E-state index contributed by atoms with van der Waals surface area (Å²) in [5.41, 5.74) is 0.313. The minimum absolute atomic E-state index is 0.256. The molecular formula is C13H17FO2. The molecule has 2 unspecified atom stereocenters. The SMILES string of the molecule is CCC1(c2cccc(F)c2)CC(O)CCO1. The number of hydrogen-bond acceptors (Lipinski definition) is 2. The molecule has 3 heteroatoms. The van der Waals surface area contributed by atoms with Crippen LogP contribution in [0.4, 0.5) is 4.39 Å². The highest BCUT2D eigenvalue weighted by atomic mass is 19.1. The summed E-state index contributed by atoms with van der Waals surface area (Å²) in [6, 6.07) is 6.48. The van der Waals surface area contributed by atoms with Crippen molar-refractivity contribution in [3.63, 3.8) is 0 Å². The van der Waals surface area contributed by atoms with Crippen LogP contribution in [-0.4, -0.2) is 17.8 Å². The molecule has 0 saturated carbocycles. The Morgan fingerprint density at radius 2 is 2.38 bits per heavy atom. The first-order valence-electron chi connectivity index (χ1n) is 5.74. The van der Waals surface area contributed by atoms with Crippen LogP contribution in [0.5, 0.6) is 0 Å². The topological polar surface area (TPSA) is 29.5 Å². The van der Waals surface area contributed by atoms with Crippen molar-refractivity contribution in [2.45, 2.75) is 37.9 Å². The van der Waals surface area contributed by atoms with E-state index < -0.39 is 5.60 Å². The van der Waals surface area contributed by atoms with Crippen LogP contribution in [0.25, 0.3) is 0 Å². The van der Waals surface area contributed by atoms with Crippen LogP contribution in [0.1, 0.15) is 31.7 Å². The molecule has 16 heavy (non-hydrogen) atoms. The van der Waals surface area contributed by atoms with Crippen molar-refractivity contribution in [1.29, 1.82) is 0 Å². The summed E-state index contributed by atoms with van der Waals surface area (Å²) >= 11 is 0. The van der Waals surface area contributed by atoms with Gasteiger partial charge < -0.3 is 9.84 Å². The van der Waals surface area contributed by atoms with Crippen molar-refractivity contribution in [2.24, 2.45) is 0 Å². The highest BCUT2D eigenvalue weighted by Gasteiger charge is 2.37. The van der Waals surface area contributed by atoms with Gasteiger partial charge in [-0.3, -0.25) is 0 Å². The van der Waals surface area contributed by atoms with Gasteiger partial charge in [0.05, 0.1) is 18.3 Å². The minimum Gasteiger partial charge on any atom is -0.393 e. The third-order valence-electron chi connectivity index (χ3n) is 3.32. The second-order valence-corrected chi connectivity index (χ2v) is 4.35. The van der Waals surface area contributed by atoms with E-state index in [2.05, 4.69) is 0 Å². The Morgan fingerprint density at radius 3 is 3.00 bits per heavy atom. The standard InChI is InChI=1S/C13H17FO2/c1-2-13(9-12(15)6-7-16-13)10-4-3-5-11(14)8-10/h3-5,8,12,15H,2,6-7,9H2,1H3. The van der Waals surface area contributed by atoms with Gasteiger partial charge in [-0.2, -0.15) is 0 Å². The van der Waals surface area contributed by atoms with E-state index in [-0.39, 0.29) is 11.9 Å². The Balaban J connectivity index is 2.33. The summed E-state index contributed by atoms with van der Waals surface area (Å²) in [6.07, 6.45) is 1.61. The number of halogens is 1. The lowest BCUT2D eigenvalue weighted by Gasteiger charge is -2.39. The molecule has 88 valence electrons. The first-order chi connectivity index (χ1) is 7.66. The maximum atomic E-state index is 13.2. The average Bonchev–Trinajstić information content (AvgIpc) is 2.29. The molecular weight excluding hydrogens is 207 g/mol. The van der Waals surface area contributed by atoms with Gasteiger partial charge in [-0.05, 0) is 30.5 Å². The van der Waals surface area contributed by atoms with Gasteiger partial charge in [0.2, 0.25) is 0 Å². The third kappa shape index (κ3) is 2.11. The molecule has 1 fully saturated rings. The number of aliphatic hydroxyl groups excluding tert-OH is 1. The van der Waals surface area contributed by atoms with Crippen LogP contribution < -0.4 is 0 Å². The highest BCUT2D eigenvalue weighted by molar-refractivity contribution is 5.24. The molecule has 1 aliphatic heterocycles. The van der Waals surface area contributed by atoms with E-state index in [0.717, 1.165) is 12.0 Å². The van der Waals surface area contributed by atoms with E-state index in [9.17, 15) is 9.50 Å². The molecule has 2 nitrogen and oxygen atoms in total. The zero-order valence-corrected chi connectivity index (χ0v) is 9.45. The van der Waals surface area contributed by atoms with Gasteiger partial charge in [0.25, 0.3) is 0 Å². The van der Waals surface area contributed by atoms with Crippen LogP contribution in [0.2, 0.25) is 0 Å². The van der Waals surface area contributed by atoms with E-state index >= 15 is 0 Å². The maximum Gasteiger partial charge on any atom is 0.123 e. The van der Waals surface area contributed by atoms with Crippen LogP contribution in [0.3, 0.4) is 0 Å². The Kier molecular flexibility index (Phi) is 3.26. The fraction of sp³-hybridized carbons (Fsp3) is 0.538. The van der Waals surface area contributed by atoms with E-state index in [1.165, 1.54) is 12.1 Å². The lowest BCUT2D eigenvalue weighted by atomic mass is 9.83. The van der Waals surface area contributed by atoms with Crippen molar-refractivity contribution in [3.8, 4) is 0 Å². The monoisotopic (exact) mass is 224 g/mol. The van der Waals surface area contributed by atoms with Crippen molar-refractivity contribution in [1.82, 2.24) is 0 Å². The van der Waals surface area contributed by atoms with Gasteiger partial charge in [-0.15, -0.1) is 0 Å². The van der Waals surface area contributed by atoms with Crippen LogP contribution >= 0.6 is 0 Å². The summed E-state index contributed by atoms with van der Waals surface area (Å²) in [7, 11) is 0. The smallest absolute Gasteiger partial charge is 0.123 e. The normalized spacial score (nSPS) is 30.3. The van der Waals surface area contributed by atoms with Crippen LogP contribution in [-0.2, 0) is 10.3 Å². The Bertz CT molecular complexity index is 367. The van der Waals surface area contributed by atoms with Crippen molar-refractivity contribution in [3.05, 3.63) is 35.6 Å². The van der Waals surface area contributed by atoms with E-state index in [0.29, 0.717) is 19.4 Å². The van der Waals surface area contributed by atoms with E-state index in [1.807, 2.05) is 13.0 Å². The number of benzene rings is 1. The number of ether oxygens (including phenoxy) is 1. The average molecular weight is 224 g/mol. The predicted molar refractivity (Wildman–Crippen MR) is 59.6 cm³/mol. The number of rotatable bonds is 2. The summed E-state index contributed by atoms with van der Waals surface area (Å²) < 4.78 is 19.0. The first-order valence-corrected chi connectivity index (χ1v) is 5.74. The zero-order valence-electron chi connectivity index (χ0n) is 9.45. The number of hydrogen-bond donors (Lipinski definition) is 1. The van der Waals surface area contributed by atoms with Gasteiger partial charge in [0, 0.05) is 6.42 Å². The van der Waals surface area contributed by atoms with E-state index in [4.69, 9.17) is 4.74 Å². The van der Waals surface area contributed by atoms with Crippen molar-refractivity contribution in [2.75, 3.05) is 6.61 Å². The quantitative estimate of drug-likeness (QED) is 0.836. The maximum absolute atomic E-state index is 13.2. The van der Waals surface area contributed by atoms with Gasteiger partial charge in [0.15, 0.2) is 0 Å². The Labute approximate surface area is 95.1 Å². The molecule has 2 atom stereocenters. The number of aliphatic hydroxyl groups is 1. The molecule has 1 aromatic rings. The molecule has 0 amide bonds. The van der Waals surface area contributed by atoms with Gasteiger partial charge in [-0.1, -0.05) is 19.1 Å². The molecule has 0 spiro atoms. The van der Waals surface area contributed by atoms with Crippen molar-refractivity contribution < 1.29 is 14.2 Å². The molecule has 2 rings (SSSR count). The third-order valence-corrected chi connectivity index (χ3v) is 3.32. The second kappa shape index (κ2) is 4.52. The fourth-order valence-electron chi connectivity index (χ4n) is 2.36. The second-order valence-electron chi connectivity index (χ2n) is 4.35. The van der Waals surface area contributed by atoms with Crippen LogP contribution in [0.15, 0.2) is 24.3 Å². The minimum atomic E-state index is -0.514. The van der Waals surface area contributed by atoms with Crippen LogP contribution in [0, 0.1) is 5.82 Å². The Morgan fingerprint density at radius 1 is 1.56 bits per heavy atom. The van der Waals surface area contributed by atoms with Crippen molar-refractivity contribution >= 4 is 0 Å². The molecule has 0 bridgehead atoms. The zero-order chi connectivity index (χ0) is 11.6. The lowest BCUT2D eigenvalue weighted by molar-refractivity contribution is -0.126. The predicted octanol–water partition coefficient (Wildman–Crippen LogP) is 2.60. The molecule has 1 aromatic carbocycles. The lowest BCUT2D eigenvalue weighted by Crippen LogP contribution is -2.39. The van der Waals surface area contributed by atoms with Gasteiger partial charge in [-0.25, -0.2) is 4.39 Å². The molecule has 1 N–H and O–H groups in total. The molecule has 0 aromatic heterocycles. The molecule has 1 heterocycles. The molecule has 1 saturated heterocycles. The summed E-state index contributed by atoms with van der Waals surface area (Å²) in [5, 5.41) is 9.73. The molecule has 1 aliphatic rings. The van der Waals surface area contributed by atoms with E-state index in [1.54, 1.807) is 6.07 Å². The summed E-state index contributed by atoms with van der Waals surface area (Å²) in [6.45, 7) is 2.54. The largest absolute Gasteiger partial charge is 0.393 e. The van der Waals surface area contributed by atoms with Gasteiger partial charge >= 0.3 is 0 Å². The Hall–Kier alpha value is -0.930. The van der Waals surface area contributed by atoms with Gasteiger partial charge in [0.1, 0.15) is 5.82 Å². The summed E-state index contributed by atoms with van der Waals surface area (Å²) in [4.78, 5) is 0. The molecule has 0 radical (unpaired) electrons. The first kappa shape index (κ1) is 11.6. The summed E-state index contributed by atoms with van der Waals surface area (Å²) in [5.74, 6) is -0.256. The highest BCUT2D eigenvalue weighted by Crippen LogP contribution is 2.38.